The molecule has 4 N–H and O–H groups in total. The van der Waals surface area contributed by atoms with E-state index in [0.717, 1.165) is 25.7 Å². The maximum Gasteiger partial charge on any atom is 0.408 e. The molecule has 0 bridgehead atoms. The maximum atomic E-state index is 12.0. The quantitative estimate of drug-likeness (QED) is 0.346. The van der Waals surface area contributed by atoms with Crippen LogP contribution in [0.2, 0.25) is 0 Å². The van der Waals surface area contributed by atoms with Crippen molar-refractivity contribution in [2.75, 3.05) is 6.54 Å². The van der Waals surface area contributed by atoms with E-state index in [-0.39, 0.29) is 24.0 Å². The molecular weight excluding hydrogens is 395 g/mol. The van der Waals surface area contributed by atoms with E-state index in [4.69, 9.17) is 10.5 Å². The monoisotopic (exact) mass is 426 g/mol. The summed E-state index contributed by atoms with van der Waals surface area (Å²) in [5.74, 6) is 0.453. The van der Waals surface area contributed by atoms with Gasteiger partial charge < -0.3 is 21.1 Å². The third-order valence-electron chi connectivity index (χ3n) is 3.60. The molecule has 22 heavy (non-hydrogen) atoms. The Morgan fingerprint density at radius 2 is 1.82 bits per heavy atom. The number of guanidine groups is 1. The van der Waals surface area contributed by atoms with Crippen LogP contribution in [0, 0.1) is 0 Å². The molecular formula is C15H31IN4O2. The van der Waals surface area contributed by atoms with Gasteiger partial charge in [0.1, 0.15) is 5.60 Å². The number of aliphatic imine (C=N–C) groups is 1. The molecule has 0 saturated heterocycles. The van der Waals surface area contributed by atoms with E-state index >= 15 is 0 Å². The van der Waals surface area contributed by atoms with E-state index in [2.05, 4.69) is 15.6 Å². The van der Waals surface area contributed by atoms with Gasteiger partial charge in [-0.15, -0.1) is 24.0 Å². The van der Waals surface area contributed by atoms with Crippen LogP contribution in [0.1, 0.15) is 60.3 Å². The van der Waals surface area contributed by atoms with Crippen LogP contribution < -0.4 is 16.4 Å². The number of alkyl carbamates (subject to hydrolysis) is 1. The van der Waals surface area contributed by atoms with Gasteiger partial charge in [-0.3, -0.25) is 4.99 Å². The van der Waals surface area contributed by atoms with Crippen LogP contribution in [0.25, 0.3) is 0 Å². The van der Waals surface area contributed by atoms with Crippen molar-refractivity contribution in [3.8, 4) is 0 Å². The second-order valence-electron chi connectivity index (χ2n) is 6.73. The molecule has 0 spiro atoms. The van der Waals surface area contributed by atoms with E-state index in [1.54, 1.807) is 0 Å². The second kappa shape index (κ2) is 8.79. The standard InChI is InChI=1S/C15H30N4O2.HI/c1-6-15(7-2,19-13(20)21-14(3,4)5)10-17-12(16)18-11-8-9-11;/h11H,6-10H2,1-5H3,(H,19,20)(H3,16,17,18);1H. The minimum atomic E-state index is -0.507. The number of nitrogens with one attached hydrogen (secondary N) is 2. The summed E-state index contributed by atoms with van der Waals surface area (Å²) < 4.78 is 5.33. The Balaban J connectivity index is 0.00000441. The fourth-order valence-electron chi connectivity index (χ4n) is 1.93. The molecule has 0 radical (unpaired) electrons. The van der Waals surface area contributed by atoms with Crippen LogP contribution in [0.3, 0.4) is 0 Å². The van der Waals surface area contributed by atoms with Gasteiger partial charge in [0, 0.05) is 6.04 Å². The lowest BCUT2D eigenvalue weighted by atomic mass is 9.93. The normalized spacial score (nSPS) is 15.8. The van der Waals surface area contributed by atoms with Crippen molar-refractivity contribution in [2.45, 2.75) is 77.5 Å². The zero-order valence-electron chi connectivity index (χ0n) is 14.4. The first kappa shape index (κ1) is 21.3. The third-order valence-corrected chi connectivity index (χ3v) is 3.60. The second-order valence-corrected chi connectivity index (χ2v) is 6.73. The fourth-order valence-corrected chi connectivity index (χ4v) is 1.93. The van der Waals surface area contributed by atoms with Gasteiger partial charge in [-0.1, -0.05) is 13.8 Å². The summed E-state index contributed by atoms with van der Waals surface area (Å²) in [5.41, 5.74) is 4.93. The lowest BCUT2D eigenvalue weighted by Crippen LogP contribution is -2.52. The van der Waals surface area contributed by atoms with Crippen LogP contribution in [0.5, 0.6) is 0 Å². The van der Waals surface area contributed by atoms with Gasteiger partial charge in [0.15, 0.2) is 5.96 Å². The maximum absolute atomic E-state index is 12.0. The largest absolute Gasteiger partial charge is 0.444 e. The number of nitrogens with two attached hydrogens (primary N) is 1. The molecule has 0 heterocycles. The van der Waals surface area contributed by atoms with Crippen molar-refractivity contribution >= 4 is 36.0 Å². The Morgan fingerprint density at radius 3 is 2.23 bits per heavy atom. The fraction of sp³-hybridized carbons (Fsp3) is 0.867. The summed E-state index contributed by atoms with van der Waals surface area (Å²) in [4.78, 5) is 16.4. The molecule has 6 nitrogen and oxygen atoms in total. The van der Waals surface area contributed by atoms with Crippen molar-refractivity contribution in [2.24, 2.45) is 10.7 Å². The molecule has 1 rings (SSSR count). The molecule has 0 aromatic rings. The molecule has 0 unspecified atom stereocenters. The van der Waals surface area contributed by atoms with E-state index in [1.807, 2.05) is 34.6 Å². The molecule has 130 valence electrons. The number of carbonyl (C=O) groups excluding carboxylic acids is 1. The zero-order chi connectivity index (χ0) is 16.1. The molecule has 0 aliphatic heterocycles. The number of rotatable bonds is 6. The van der Waals surface area contributed by atoms with Gasteiger partial charge in [0.25, 0.3) is 0 Å². The van der Waals surface area contributed by atoms with Gasteiger partial charge in [-0.2, -0.15) is 0 Å². The Labute approximate surface area is 151 Å². The number of carbonyl (C=O) groups is 1. The Kier molecular flexibility index (Phi) is 8.49. The summed E-state index contributed by atoms with van der Waals surface area (Å²) in [6, 6.07) is 0.477. The number of ether oxygens (including phenoxy) is 1. The first-order valence-corrected chi connectivity index (χ1v) is 7.77. The van der Waals surface area contributed by atoms with Crippen molar-refractivity contribution in [3.05, 3.63) is 0 Å². The Morgan fingerprint density at radius 1 is 1.27 bits per heavy atom. The highest BCUT2D eigenvalue weighted by molar-refractivity contribution is 14.0. The van der Waals surface area contributed by atoms with Crippen molar-refractivity contribution in [3.63, 3.8) is 0 Å². The predicted molar refractivity (Wildman–Crippen MR) is 101 cm³/mol. The average molecular weight is 426 g/mol. The molecule has 0 aromatic heterocycles. The van der Waals surface area contributed by atoms with Gasteiger partial charge >= 0.3 is 6.09 Å². The first-order valence-electron chi connectivity index (χ1n) is 7.77. The number of nitrogens with zero attached hydrogens (tertiary/aromatic N) is 1. The molecule has 0 atom stereocenters. The first-order chi connectivity index (χ1) is 9.69. The van der Waals surface area contributed by atoms with Gasteiger partial charge in [-0.25, -0.2) is 4.79 Å². The predicted octanol–water partition coefficient (Wildman–Crippen LogP) is 2.75. The molecule has 1 saturated carbocycles. The Hall–Kier alpha value is -0.730. The number of amides is 1. The van der Waals surface area contributed by atoms with Gasteiger partial charge in [0.05, 0.1) is 12.1 Å². The zero-order valence-corrected chi connectivity index (χ0v) is 16.7. The van der Waals surface area contributed by atoms with Crippen molar-refractivity contribution < 1.29 is 9.53 Å². The van der Waals surface area contributed by atoms with Crippen molar-refractivity contribution in [1.29, 1.82) is 0 Å². The van der Waals surface area contributed by atoms with E-state index < -0.39 is 17.2 Å². The van der Waals surface area contributed by atoms with Gasteiger partial charge in [0.2, 0.25) is 0 Å². The minimum Gasteiger partial charge on any atom is -0.444 e. The average Bonchev–Trinajstić information content (AvgIpc) is 3.16. The smallest absolute Gasteiger partial charge is 0.408 e. The molecule has 1 aliphatic rings. The summed E-state index contributed by atoms with van der Waals surface area (Å²) in [6.45, 7) is 10.1. The van der Waals surface area contributed by atoms with E-state index in [1.165, 1.54) is 0 Å². The van der Waals surface area contributed by atoms with Crippen LogP contribution in [0.4, 0.5) is 4.79 Å². The Bertz CT molecular complexity index is 385. The van der Waals surface area contributed by atoms with Crippen LogP contribution in [-0.2, 0) is 4.74 Å². The van der Waals surface area contributed by atoms with Crippen LogP contribution >= 0.6 is 24.0 Å². The number of hydrogen-bond acceptors (Lipinski definition) is 3. The summed E-state index contributed by atoms with van der Waals surface area (Å²) >= 11 is 0. The summed E-state index contributed by atoms with van der Waals surface area (Å²) in [5, 5.41) is 6.11. The minimum absolute atomic E-state index is 0. The summed E-state index contributed by atoms with van der Waals surface area (Å²) in [7, 11) is 0. The lowest BCUT2D eigenvalue weighted by molar-refractivity contribution is 0.0452. The topological polar surface area (TPSA) is 88.7 Å². The molecule has 0 aromatic carbocycles. The van der Waals surface area contributed by atoms with Crippen LogP contribution in [0.15, 0.2) is 4.99 Å². The lowest BCUT2D eigenvalue weighted by Gasteiger charge is -2.32. The third kappa shape index (κ3) is 8.05. The highest BCUT2D eigenvalue weighted by Gasteiger charge is 2.30. The highest BCUT2D eigenvalue weighted by Crippen LogP contribution is 2.19. The molecule has 1 fully saturated rings. The highest BCUT2D eigenvalue weighted by atomic mass is 127. The summed E-state index contributed by atoms with van der Waals surface area (Å²) in [6.07, 6.45) is 3.43. The molecule has 1 amide bonds. The van der Waals surface area contributed by atoms with Crippen LogP contribution in [-0.4, -0.2) is 35.8 Å². The van der Waals surface area contributed by atoms with Crippen molar-refractivity contribution in [1.82, 2.24) is 10.6 Å². The SMILES string of the molecule is CCC(CC)(CN=C(N)NC1CC1)NC(=O)OC(C)(C)C.I. The number of hydrogen-bond donors (Lipinski definition) is 3. The molecule has 7 heteroatoms. The van der Waals surface area contributed by atoms with E-state index in [0.29, 0.717) is 18.5 Å². The van der Waals surface area contributed by atoms with Gasteiger partial charge in [-0.05, 0) is 46.5 Å². The molecule has 1 aliphatic carbocycles. The van der Waals surface area contributed by atoms with E-state index in [9.17, 15) is 4.79 Å². The number of halogens is 1.